The smallest absolute Gasteiger partial charge is 0.303 e. The van der Waals surface area contributed by atoms with Gasteiger partial charge in [0, 0.05) is 12.0 Å². The van der Waals surface area contributed by atoms with E-state index in [4.69, 9.17) is 9.84 Å². The van der Waals surface area contributed by atoms with Gasteiger partial charge in [0.15, 0.2) is 0 Å². The van der Waals surface area contributed by atoms with E-state index < -0.39 is 5.97 Å². The van der Waals surface area contributed by atoms with Gasteiger partial charge in [0.05, 0.1) is 7.11 Å². The summed E-state index contributed by atoms with van der Waals surface area (Å²) in [6, 6.07) is 4.17. The van der Waals surface area contributed by atoms with Crippen LogP contribution in [-0.2, 0) is 16.6 Å². The molecule has 1 aromatic rings. The van der Waals surface area contributed by atoms with Crippen LogP contribution in [0.3, 0.4) is 0 Å². The SMILES string of the molecule is COc1c(C)cc(CCC(=O)O)cc1C(C)(C)CC(C)(C)C. The molecule has 124 valence electrons. The molecule has 0 saturated heterocycles. The Morgan fingerprint density at radius 1 is 1.18 bits per heavy atom. The summed E-state index contributed by atoms with van der Waals surface area (Å²) in [6.45, 7) is 13.2. The van der Waals surface area contributed by atoms with Gasteiger partial charge in [-0.2, -0.15) is 0 Å². The number of hydrogen-bond acceptors (Lipinski definition) is 2. The topological polar surface area (TPSA) is 46.5 Å². The minimum absolute atomic E-state index is 0.0341. The Morgan fingerprint density at radius 2 is 1.77 bits per heavy atom. The highest BCUT2D eigenvalue weighted by atomic mass is 16.5. The molecule has 1 aromatic carbocycles. The molecule has 0 heterocycles. The summed E-state index contributed by atoms with van der Waals surface area (Å²) < 4.78 is 5.64. The molecular formula is C19H30O3. The van der Waals surface area contributed by atoms with Crippen molar-refractivity contribution in [3.63, 3.8) is 0 Å². The maximum Gasteiger partial charge on any atom is 0.303 e. The van der Waals surface area contributed by atoms with Crippen molar-refractivity contribution >= 4 is 5.97 Å². The summed E-state index contributed by atoms with van der Waals surface area (Å²) in [6.07, 6.45) is 1.74. The van der Waals surface area contributed by atoms with Gasteiger partial charge in [-0.3, -0.25) is 4.79 Å². The van der Waals surface area contributed by atoms with E-state index in [-0.39, 0.29) is 17.3 Å². The standard InChI is InChI=1S/C19H30O3/c1-13-10-14(8-9-16(20)21)11-15(17(13)22-7)19(5,6)12-18(2,3)4/h10-11H,8-9,12H2,1-7H3,(H,20,21). The zero-order valence-corrected chi connectivity index (χ0v) is 15.0. The predicted octanol–water partition coefficient (Wildman–Crippen LogP) is 4.73. The van der Waals surface area contributed by atoms with Crippen LogP contribution in [-0.4, -0.2) is 18.2 Å². The van der Waals surface area contributed by atoms with Crippen LogP contribution >= 0.6 is 0 Å². The molecule has 3 nitrogen and oxygen atoms in total. The van der Waals surface area contributed by atoms with Gasteiger partial charge in [0.25, 0.3) is 0 Å². The van der Waals surface area contributed by atoms with E-state index in [2.05, 4.69) is 40.7 Å². The zero-order valence-electron chi connectivity index (χ0n) is 15.0. The molecular weight excluding hydrogens is 276 g/mol. The summed E-state index contributed by atoms with van der Waals surface area (Å²) in [4.78, 5) is 10.8. The fourth-order valence-electron chi connectivity index (χ4n) is 3.44. The molecule has 0 amide bonds. The lowest BCUT2D eigenvalue weighted by atomic mass is 9.71. The van der Waals surface area contributed by atoms with Gasteiger partial charge < -0.3 is 9.84 Å². The van der Waals surface area contributed by atoms with Crippen LogP contribution in [0.4, 0.5) is 0 Å². The number of hydrogen-bond donors (Lipinski definition) is 1. The van der Waals surface area contributed by atoms with Crippen molar-refractivity contribution in [2.45, 2.75) is 66.2 Å². The molecule has 0 saturated carbocycles. The number of carbonyl (C=O) groups is 1. The Labute approximate surface area is 134 Å². The van der Waals surface area contributed by atoms with Gasteiger partial charge in [-0.1, -0.05) is 46.8 Å². The Hall–Kier alpha value is -1.51. The maximum atomic E-state index is 10.8. The number of methoxy groups -OCH3 is 1. The van der Waals surface area contributed by atoms with Gasteiger partial charge in [-0.05, 0) is 41.7 Å². The molecule has 0 fully saturated rings. The van der Waals surface area contributed by atoms with Crippen molar-refractivity contribution in [1.29, 1.82) is 0 Å². The van der Waals surface area contributed by atoms with Crippen LogP contribution in [0, 0.1) is 12.3 Å². The van der Waals surface area contributed by atoms with Gasteiger partial charge in [0.1, 0.15) is 5.75 Å². The Morgan fingerprint density at radius 3 is 2.23 bits per heavy atom. The van der Waals surface area contributed by atoms with Crippen LogP contribution in [0.5, 0.6) is 5.75 Å². The summed E-state index contributed by atoms with van der Waals surface area (Å²) in [5.41, 5.74) is 3.48. The minimum atomic E-state index is -0.760. The second-order valence-corrected chi connectivity index (χ2v) is 8.01. The molecule has 0 unspecified atom stereocenters. The van der Waals surface area contributed by atoms with Crippen molar-refractivity contribution in [2.24, 2.45) is 5.41 Å². The molecule has 0 aliphatic carbocycles. The number of carboxylic acids is 1. The fraction of sp³-hybridized carbons (Fsp3) is 0.632. The fourth-order valence-corrected chi connectivity index (χ4v) is 3.44. The predicted molar refractivity (Wildman–Crippen MR) is 90.8 cm³/mol. The van der Waals surface area contributed by atoms with Crippen molar-refractivity contribution < 1.29 is 14.6 Å². The average molecular weight is 306 g/mol. The van der Waals surface area contributed by atoms with Gasteiger partial charge in [-0.15, -0.1) is 0 Å². The Balaban J connectivity index is 3.27. The normalized spacial score (nSPS) is 12.3. The molecule has 1 N–H and O–H groups in total. The van der Waals surface area contributed by atoms with E-state index in [1.165, 1.54) is 5.56 Å². The molecule has 0 aliphatic heterocycles. The minimum Gasteiger partial charge on any atom is -0.496 e. The van der Waals surface area contributed by atoms with Crippen LogP contribution < -0.4 is 4.74 Å². The van der Waals surface area contributed by atoms with Crippen molar-refractivity contribution in [1.82, 2.24) is 0 Å². The van der Waals surface area contributed by atoms with Crippen LogP contribution in [0.25, 0.3) is 0 Å². The molecule has 1 rings (SSSR count). The highest BCUT2D eigenvalue weighted by Gasteiger charge is 2.30. The molecule has 0 aliphatic rings. The molecule has 0 atom stereocenters. The van der Waals surface area contributed by atoms with E-state index in [9.17, 15) is 4.79 Å². The highest BCUT2D eigenvalue weighted by molar-refractivity contribution is 5.67. The first-order valence-corrected chi connectivity index (χ1v) is 7.86. The molecule has 22 heavy (non-hydrogen) atoms. The molecule has 0 aromatic heterocycles. The molecule has 0 bridgehead atoms. The molecule has 0 spiro atoms. The highest BCUT2D eigenvalue weighted by Crippen LogP contribution is 2.42. The first kappa shape index (κ1) is 18.5. The van der Waals surface area contributed by atoms with Crippen LogP contribution in [0.1, 0.15) is 64.2 Å². The van der Waals surface area contributed by atoms with Crippen LogP contribution in [0.2, 0.25) is 0 Å². The Kier molecular flexibility index (Phi) is 5.66. The molecule has 3 heteroatoms. The van der Waals surface area contributed by atoms with E-state index in [1.807, 2.05) is 13.0 Å². The first-order chi connectivity index (χ1) is 9.96. The number of carboxylic acid groups (broad SMARTS) is 1. The number of rotatable bonds is 6. The molecule has 0 radical (unpaired) electrons. The third-order valence-electron chi connectivity index (χ3n) is 3.87. The van der Waals surface area contributed by atoms with E-state index in [0.717, 1.165) is 23.3 Å². The average Bonchev–Trinajstić information content (AvgIpc) is 2.32. The number of aryl methyl sites for hydroxylation is 2. The van der Waals surface area contributed by atoms with Gasteiger partial charge in [0.2, 0.25) is 0 Å². The summed E-state index contributed by atoms with van der Waals surface area (Å²) in [5.74, 6) is 0.164. The zero-order chi connectivity index (χ0) is 17.1. The number of aliphatic carboxylic acids is 1. The quantitative estimate of drug-likeness (QED) is 0.826. The summed E-state index contributed by atoms with van der Waals surface area (Å²) in [5, 5.41) is 8.90. The largest absolute Gasteiger partial charge is 0.496 e. The van der Waals surface area contributed by atoms with E-state index >= 15 is 0 Å². The number of ether oxygens (including phenoxy) is 1. The van der Waals surface area contributed by atoms with Crippen molar-refractivity contribution in [3.05, 3.63) is 28.8 Å². The lowest BCUT2D eigenvalue weighted by Gasteiger charge is -2.34. The number of benzene rings is 1. The lowest BCUT2D eigenvalue weighted by Crippen LogP contribution is -2.26. The Bertz CT molecular complexity index is 536. The second-order valence-electron chi connectivity index (χ2n) is 8.01. The summed E-state index contributed by atoms with van der Waals surface area (Å²) in [7, 11) is 1.70. The van der Waals surface area contributed by atoms with Gasteiger partial charge >= 0.3 is 5.97 Å². The third-order valence-corrected chi connectivity index (χ3v) is 3.87. The van der Waals surface area contributed by atoms with Crippen molar-refractivity contribution in [3.8, 4) is 5.75 Å². The third kappa shape index (κ3) is 5.04. The van der Waals surface area contributed by atoms with E-state index in [0.29, 0.717) is 6.42 Å². The first-order valence-electron chi connectivity index (χ1n) is 7.86. The lowest BCUT2D eigenvalue weighted by molar-refractivity contribution is -0.136. The monoisotopic (exact) mass is 306 g/mol. The van der Waals surface area contributed by atoms with Crippen molar-refractivity contribution in [2.75, 3.05) is 7.11 Å². The summed E-state index contributed by atoms with van der Waals surface area (Å²) >= 11 is 0. The maximum absolute atomic E-state index is 10.8. The van der Waals surface area contributed by atoms with Gasteiger partial charge in [-0.25, -0.2) is 0 Å². The van der Waals surface area contributed by atoms with Crippen LogP contribution in [0.15, 0.2) is 12.1 Å². The second kappa shape index (κ2) is 6.72. The van der Waals surface area contributed by atoms with E-state index in [1.54, 1.807) is 7.11 Å².